The van der Waals surface area contributed by atoms with Crippen LogP contribution in [0.15, 0.2) is 30.5 Å². The molecule has 0 saturated carbocycles. The molecule has 11 heavy (non-hydrogen) atoms. The molecule has 0 unspecified atom stereocenters. The number of hydrogen-bond donors (Lipinski definition) is 0. The Morgan fingerprint density at radius 3 is 2.91 bits per heavy atom. The van der Waals surface area contributed by atoms with Crippen molar-refractivity contribution in [1.29, 1.82) is 0 Å². The molecule has 1 aromatic carbocycles. The summed E-state index contributed by atoms with van der Waals surface area (Å²) < 4.78 is 0. The Kier molecular flexibility index (Phi) is 1.35. The number of rotatable bonds is 0. The maximum absolute atomic E-state index is 3.99. The quantitative estimate of drug-likeness (QED) is 0.550. The summed E-state index contributed by atoms with van der Waals surface area (Å²) >= 11 is 0. The third-order valence-electron chi connectivity index (χ3n) is 1.80. The SMILES string of the molecule is Cc1[c]ncc2ccccc12. The fourth-order valence-electron chi connectivity index (χ4n) is 1.21. The van der Waals surface area contributed by atoms with E-state index in [-0.39, 0.29) is 0 Å². The Labute approximate surface area is 65.7 Å². The van der Waals surface area contributed by atoms with E-state index in [2.05, 4.69) is 23.3 Å². The molecule has 0 aliphatic heterocycles. The maximum Gasteiger partial charge on any atom is 0.0924 e. The second-order valence-corrected chi connectivity index (χ2v) is 2.58. The van der Waals surface area contributed by atoms with Gasteiger partial charge in [-0.3, -0.25) is 4.98 Å². The number of hydrogen-bond acceptors (Lipinski definition) is 1. The molecule has 53 valence electrons. The lowest BCUT2D eigenvalue weighted by Gasteiger charge is -1.97. The Balaban J connectivity index is 2.91. The zero-order valence-corrected chi connectivity index (χ0v) is 6.33. The molecule has 0 bridgehead atoms. The summed E-state index contributed by atoms with van der Waals surface area (Å²) in [7, 11) is 0. The first kappa shape index (κ1) is 6.35. The number of pyridine rings is 1. The van der Waals surface area contributed by atoms with Gasteiger partial charge in [-0.2, -0.15) is 0 Å². The summed E-state index contributed by atoms with van der Waals surface area (Å²) in [5, 5.41) is 2.42. The van der Waals surface area contributed by atoms with Crippen LogP contribution in [0.2, 0.25) is 0 Å². The molecular weight excluding hydrogens is 134 g/mol. The molecule has 0 aliphatic carbocycles. The van der Waals surface area contributed by atoms with Crippen LogP contribution in [-0.4, -0.2) is 4.98 Å². The van der Waals surface area contributed by atoms with Crippen molar-refractivity contribution in [2.75, 3.05) is 0 Å². The molecule has 0 amide bonds. The zero-order chi connectivity index (χ0) is 7.68. The van der Waals surface area contributed by atoms with E-state index in [1.807, 2.05) is 25.3 Å². The predicted molar refractivity (Wildman–Crippen MR) is 45.3 cm³/mol. The van der Waals surface area contributed by atoms with Crippen LogP contribution in [0, 0.1) is 13.1 Å². The van der Waals surface area contributed by atoms with E-state index in [1.165, 1.54) is 10.8 Å². The molecule has 0 atom stereocenters. The standard InChI is InChI=1S/C10H8N/c1-8-6-11-7-9-4-2-3-5-10(8)9/h2-5,7H,1H3. The first-order valence-corrected chi connectivity index (χ1v) is 3.60. The number of nitrogens with zero attached hydrogens (tertiary/aromatic N) is 1. The minimum Gasteiger partial charge on any atom is -0.254 e. The van der Waals surface area contributed by atoms with Crippen LogP contribution in [0.1, 0.15) is 5.56 Å². The first-order valence-electron chi connectivity index (χ1n) is 3.60. The van der Waals surface area contributed by atoms with Gasteiger partial charge in [-0.05, 0) is 17.9 Å². The van der Waals surface area contributed by atoms with E-state index in [0.717, 1.165) is 5.56 Å². The Hall–Kier alpha value is -1.37. The number of fused-ring (bicyclic) bond motifs is 1. The summed E-state index contributed by atoms with van der Waals surface area (Å²) in [5.41, 5.74) is 1.11. The predicted octanol–water partition coefficient (Wildman–Crippen LogP) is 2.34. The summed E-state index contributed by atoms with van der Waals surface area (Å²) in [5.74, 6) is 0. The number of benzene rings is 1. The highest BCUT2D eigenvalue weighted by atomic mass is 14.6. The van der Waals surface area contributed by atoms with Crippen LogP contribution in [0.25, 0.3) is 10.8 Å². The highest BCUT2D eigenvalue weighted by Crippen LogP contribution is 2.14. The molecule has 1 heterocycles. The van der Waals surface area contributed by atoms with Gasteiger partial charge in [0.15, 0.2) is 0 Å². The molecule has 1 heteroatoms. The van der Waals surface area contributed by atoms with Crippen LogP contribution < -0.4 is 0 Å². The van der Waals surface area contributed by atoms with E-state index >= 15 is 0 Å². The molecule has 0 fully saturated rings. The lowest BCUT2D eigenvalue weighted by Crippen LogP contribution is -1.79. The van der Waals surface area contributed by atoms with Crippen molar-refractivity contribution in [2.24, 2.45) is 0 Å². The molecule has 2 aromatic rings. The van der Waals surface area contributed by atoms with Gasteiger partial charge < -0.3 is 0 Å². The molecule has 1 radical (unpaired) electrons. The lowest BCUT2D eigenvalue weighted by molar-refractivity contribution is 1.29. The second-order valence-electron chi connectivity index (χ2n) is 2.58. The number of aromatic nitrogens is 1. The van der Waals surface area contributed by atoms with Gasteiger partial charge in [0.05, 0.1) is 6.20 Å². The molecule has 1 nitrogen and oxygen atoms in total. The largest absolute Gasteiger partial charge is 0.254 e. The van der Waals surface area contributed by atoms with Gasteiger partial charge >= 0.3 is 0 Å². The molecule has 0 N–H and O–H groups in total. The van der Waals surface area contributed by atoms with Gasteiger partial charge in [0.25, 0.3) is 0 Å². The van der Waals surface area contributed by atoms with Gasteiger partial charge in [-0.1, -0.05) is 24.3 Å². The van der Waals surface area contributed by atoms with Gasteiger partial charge in [0, 0.05) is 11.6 Å². The summed E-state index contributed by atoms with van der Waals surface area (Å²) in [6, 6.07) is 8.19. The smallest absolute Gasteiger partial charge is 0.0924 e. The van der Waals surface area contributed by atoms with Crippen LogP contribution in [0.4, 0.5) is 0 Å². The van der Waals surface area contributed by atoms with Crippen molar-refractivity contribution < 1.29 is 0 Å². The minimum atomic E-state index is 1.11. The topological polar surface area (TPSA) is 12.9 Å². The minimum absolute atomic E-state index is 1.11. The van der Waals surface area contributed by atoms with Crippen molar-refractivity contribution in [1.82, 2.24) is 4.98 Å². The average Bonchev–Trinajstić information content (AvgIpc) is 2.06. The first-order chi connectivity index (χ1) is 5.38. The van der Waals surface area contributed by atoms with Crippen LogP contribution in [0.5, 0.6) is 0 Å². The Morgan fingerprint density at radius 2 is 2.09 bits per heavy atom. The summed E-state index contributed by atoms with van der Waals surface area (Å²) in [4.78, 5) is 3.99. The van der Waals surface area contributed by atoms with Crippen LogP contribution in [-0.2, 0) is 0 Å². The maximum atomic E-state index is 3.99. The van der Waals surface area contributed by atoms with Gasteiger partial charge in [-0.15, -0.1) is 0 Å². The average molecular weight is 142 g/mol. The van der Waals surface area contributed by atoms with E-state index in [1.54, 1.807) is 0 Å². The second kappa shape index (κ2) is 2.35. The van der Waals surface area contributed by atoms with Crippen LogP contribution >= 0.6 is 0 Å². The Bertz CT molecular complexity index is 374. The summed E-state index contributed by atoms with van der Waals surface area (Å²) in [6.45, 7) is 2.02. The van der Waals surface area contributed by atoms with Crippen molar-refractivity contribution in [3.63, 3.8) is 0 Å². The zero-order valence-electron chi connectivity index (χ0n) is 6.33. The van der Waals surface area contributed by atoms with Gasteiger partial charge in [0.1, 0.15) is 0 Å². The third kappa shape index (κ3) is 0.984. The fraction of sp³-hybridized carbons (Fsp3) is 0.100. The third-order valence-corrected chi connectivity index (χ3v) is 1.80. The lowest BCUT2D eigenvalue weighted by atomic mass is 10.1. The molecule has 0 saturated heterocycles. The monoisotopic (exact) mass is 142 g/mol. The fourth-order valence-corrected chi connectivity index (χ4v) is 1.21. The van der Waals surface area contributed by atoms with E-state index in [0.29, 0.717) is 0 Å². The molecule has 1 aromatic heterocycles. The van der Waals surface area contributed by atoms with Gasteiger partial charge in [0.2, 0.25) is 0 Å². The highest BCUT2D eigenvalue weighted by molar-refractivity contribution is 5.84. The van der Waals surface area contributed by atoms with Crippen molar-refractivity contribution in [2.45, 2.75) is 6.92 Å². The molecule has 0 aliphatic rings. The van der Waals surface area contributed by atoms with Crippen molar-refractivity contribution in [3.05, 3.63) is 42.2 Å². The summed E-state index contributed by atoms with van der Waals surface area (Å²) in [6.07, 6.45) is 4.76. The van der Waals surface area contributed by atoms with E-state index < -0.39 is 0 Å². The van der Waals surface area contributed by atoms with Crippen LogP contribution in [0.3, 0.4) is 0 Å². The van der Waals surface area contributed by atoms with Crippen molar-refractivity contribution >= 4 is 10.8 Å². The van der Waals surface area contributed by atoms with E-state index in [4.69, 9.17) is 0 Å². The Morgan fingerprint density at radius 1 is 1.27 bits per heavy atom. The van der Waals surface area contributed by atoms with Crippen molar-refractivity contribution in [3.8, 4) is 0 Å². The number of aryl methyl sites for hydroxylation is 1. The molecular formula is C10H8N. The van der Waals surface area contributed by atoms with E-state index in [9.17, 15) is 0 Å². The van der Waals surface area contributed by atoms with Gasteiger partial charge in [-0.25, -0.2) is 0 Å². The normalized spacial score (nSPS) is 10.3. The highest BCUT2D eigenvalue weighted by Gasteiger charge is 1.93. The molecule has 0 spiro atoms. The molecule has 2 rings (SSSR count).